The lowest BCUT2D eigenvalue weighted by atomic mass is 10.1. The van der Waals surface area contributed by atoms with Crippen molar-refractivity contribution >= 4 is 23.4 Å². The third kappa shape index (κ3) is 2.35. The fourth-order valence-electron chi connectivity index (χ4n) is 1.52. The number of nitrogens with one attached hydrogen (secondary N) is 1. The van der Waals surface area contributed by atoms with E-state index in [-0.39, 0.29) is 18.4 Å². The number of hydrogen-bond acceptors (Lipinski definition) is 2. The summed E-state index contributed by atoms with van der Waals surface area (Å²) in [5.41, 5.74) is -2.00. The smallest absolute Gasteiger partial charge is 0.272 e. The van der Waals surface area contributed by atoms with E-state index in [1.54, 1.807) is 0 Å². The van der Waals surface area contributed by atoms with Gasteiger partial charge in [0.1, 0.15) is 0 Å². The Bertz CT molecular complexity index is 247. The maximum atomic E-state index is 12.4. The summed E-state index contributed by atoms with van der Waals surface area (Å²) in [4.78, 5) is 23.5. The van der Waals surface area contributed by atoms with Gasteiger partial charge in [0.2, 0.25) is 5.91 Å². The average molecular weight is 223 g/mol. The normalized spacial score (nSPS) is 23.4. The van der Waals surface area contributed by atoms with Gasteiger partial charge in [0.05, 0.1) is 5.92 Å². The van der Waals surface area contributed by atoms with Gasteiger partial charge in [-0.3, -0.25) is 9.59 Å². The Balaban J connectivity index is 2.49. The van der Waals surface area contributed by atoms with Gasteiger partial charge >= 0.3 is 0 Å². The lowest BCUT2D eigenvalue weighted by Crippen LogP contribution is -2.35. The van der Waals surface area contributed by atoms with E-state index in [1.165, 1.54) is 11.9 Å². The summed E-state index contributed by atoms with van der Waals surface area (Å²) in [5.74, 6) is -1.11. The first kappa shape index (κ1) is 11.2. The minimum absolute atomic E-state index is 0.120. The van der Waals surface area contributed by atoms with Crippen LogP contribution in [-0.2, 0) is 9.59 Å². The first-order chi connectivity index (χ1) is 6.56. The van der Waals surface area contributed by atoms with E-state index in [9.17, 15) is 14.0 Å². The van der Waals surface area contributed by atoms with E-state index in [0.717, 1.165) is 0 Å². The van der Waals surface area contributed by atoms with Crippen LogP contribution >= 0.6 is 11.6 Å². The fraction of sp³-hybridized carbons (Fsp3) is 0.750. The molecule has 0 bridgehead atoms. The van der Waals surface area contributed by atoms with Crippen LogP contribution in [0.1, 0.15) is 6.42 Å². The number of rotatable bonds is 2. The quantitative estimate of drug-likeness (QED) is 0.675. The van der Waals surface area contributed by atoms with Crippen molar-refractivity contribution in [3.05, 3.63) is 0 Å². The summed E-state index contributed by atoms with van der Waals surface area (Å²) in [6.07, 6.45) is 0.565. The molecule has 1 aliphatic heterocycles. The second-order valence-corrected chi connectivity index (χ2v) is 3.57. The predicted octanol–water partition coefficient (Wildman–Crippen LogP) is 0.115. The van der Waals surface area contributed by atoms with Gasteiger partial charge in [0, 0.05) is 20.1 Å². The highest BCUT2D eigenvalue weighted by Gasteiger charge is 2.32. The summed E-state index contributed by atoms with van der Waals surface area (Å²) >= 11 is 5.01. The van der Waals surface area contributed by atoms with E-state index in [2.05, 4.69) is 5.32 Å². The van der Waals surface area contributed by atoms with Crippen LogP contribution in [0.4, 0.5) is 4.39 Å². The average Bonchev–Trinajstić information content (AvgIpc) is 2.64. The summed E-state index contributed by atoms with van der Waals surface area (Å²) < 4.78 is 12.4. The van der Waals surface area contributed by atoms with Crippen molar-refractivity contribution in [3.63, 3.8) is 0 Å². The molecule has 0 radical (unpaired) electrons. The Morgan fingerprint density at radius 2 is 2.29 bits per heavy atom. The fourth-order valence-corrected chi connectivity index (χ4v) is 1.65. The molecule has 1 aliphatic rings. The van der Waals surface area contributed by atoms with Crippen molar-refractivity contribution in [2.45, 2.75) is 12.1 Å². The second kappa shape index (κ2) is 4.59. The number of hydrogen-bond donors (Lipinski definition) is 1. The second-order valence-electron chi connectivity index (χ2n) is 3.18. The van der Waals surface area contributed by atoms with Crippen LogP contribution in [0.5, 0.6) is 0 Å². The molecule has 1 heterocycles. The Morgan fingerprint density at radius 1 is 1.64 bits per heavy atom. The SMILES string of the molecule is CNC(=O)C1CCN(C(=O)C(F)Cl)C1. The van der Waals surface area contributed by atoms with Crippen LogP contribution in [0.25, 0.3) is 0 Å². The number of amides is 2. The molecule has 2 amide bonds. The third-order valence-corrected chi connectivity index (χ3v) is 2.49. The molecule has 0 saturated carbocycles. The lowest BCUT2D eigenvalue weighted by Gasteiger charge is -2.15. The Kier molecular flexibility index (Phi) is 3.69. The van der Waals surface area contributed by atoms with Crippen LogP contribution in [0.3, 0.4) is 0 Å². The maximum Gasteiger partial charge on any atom is 0.272 e. The van der Waals surface area contributed by atoms with Crippen LogP contribution in [-0.4, -0.2) is 42.5 Å². The molecule has 0 spiro atoms. The molecule has 4 nitrogen and oxygen atoms in total. The topological polar surface area (TPSA) is 49.4 Å². The first-order valence-electron chi connectivity index (χ1n) is 4.34. The maximum absolute atomic E-state index is 12.4. The van der Waals surface area contributed by atoms with Crippen LogP contribution in [0.2, 0.25) is 0 Å². The lowest BCUT2D eigenvalue weighted by molar-refractivity contribution is -0.133. The zero-order valence-corrected chi connectivity index (χ0v) is 8.55. The van der Waals surface area contributed by atoms with Crippen molar-refractivity contribution in [2.24, 2.45) is 5.92 Å². The molecule has 0 aromatic rings. The molecule has 1 rings (SSSR count). The van der Waals surface area contributed by atoms with E-state index in [1.807, 2.05) is 0 Å². The van der Waals surface area contributed by atoms with Crippen molar-refractivity contribution in [1.82, 2.24) is 10.2 Å². The van der Waals surface area contributed by atoms with Crippen LogP contribution in [0, 0.1) is 5.92 Å². The van der Waals surface area contributed by atoms with E-state index >= 15 is 0 Å². The highest BCUT2D eigenvalue weighted by Crippen LogP contribution is 2.18. The van der Waals surface area contributed by atoms with Gasteiger partial charge in [0.25, 0.3) is 11.5 Å². The summed E-state index contributed by atoms with van der Waals surface area (Å²) in [6, 6.07) is 0. The Morgan fingerprint density at radius 3 is 2.79 bits per heavy atom. The number of halogens is 2. The molecule has 2 unspecified atom stereocenters. The van der Waals surface area contributed by atoms with Gasteiger partial charge in [-0.2, -0.15) is 0 Å². The number of nitrogens with zero attached hydrogens (tertiary/aromatic N) is 1. The van der Waals surface area contributed by atoms with Crippen molar-refractivity contribution in [3.8, 4) is 0 Å². The molecule has 1 saturated heterocycles. The van der Waals surface area contributed by atoms with E-state index < -0.39 is 11.5 Å². The van der Waals surface area contributed by atoms with Crippen LogP contribution < -0.4 is 5.32 Å². The molecule has 14 heavy (non-hydrogen) atoms. The number of likely N-dealkylation sites (tertiary alicyclic amines) is 1. The van der Waals surface area contributed by atoms with Gasteiger partial charge in [-0.15, -0.1) is 0 Å². The van der Waals surface area contributed by atoms with Gasteiger partial charge in [-0.1, -0.05) is 11.6 Å². The van der Waals surface area contributed by atoms with Gasteiger partial charge in [-0.05, 0) is 6.42 Å². The minimum atomic E-state index is -2.00. The number of carbonyl (C=O) groups is 2. The van der Waals surface area contributed by atoms with Gasteiger partial charge in [-0.25, -0.2) is 4.39 Å². The molecule has 6 heteroatoms. The van der Waals surface area contributed by atoms with Crippen molar-refractivity contribution in [2.75, 3.05) is 20.1 Å². The highest BCUT2D eigenvalue weighted by molar-refractivity contribution is 6.29. The highest BCUT2D eigenvalue weighted by atomic mass is 35.5. The van der Waals surface area contributed by atoms with E-state index in [4.69, 9.17) is 11.6 Å². The number of alkyl halides is 2. The molecular formula is C8H12ClFN2O2. The Hall–Kier alpha value is -0.840. The zero-order valence-electron chi connectivity index (χ0n) is 7.80. The molecule has 1 N–H and O–H groups in total. The summed E-state index contributed by atoms with van der Waals surface area (Å²) in [6.45, 7) is 0.649. The third-order valence-electron chi connectivity index (χ3n) is 2.30. The molecule has 0 aromatic heterocycles. The first-order valence-corrected chi connectivity index (χ1v) is 4.78. The zero-order chi connectivity index (χ0) is 10.7. The largest absolute Gasteiger partial charge is 0.359 e. The van der Waals surface area contributed by atoms with Gasteiger partial charge < -0.3 is 10.2 Å². The van der Waals surface area contributed by atoms with E-state index in [0.29, 0.717) is 13.0 Å². The summed E-state index contributed by atoms with van der Waals surface area (Å²) in [7, 11) is 1.53. The minimum Gasteiger partial charge on any atom is -0.359 e. The van der Waals surface area contributed by atoms with Crippen molar-refractivity contribution < 1.29 is 14.0 Å². The Labute approximate surface area is 86.4 Å². The molecular weight excluding hydrogens is 211 g/mol. The molecule has 1 fully saturated rings. The molecule has 0 aliphatic carbocycles. The molecule has 0 aromatic carbocycles. The summed E-state index contributed by atoms with van der Waals surface area (Å²) in [5, 5.41) is 2.49. The van der Waals surface area contributed by atoms with Crippen molar-refractivity contribution in [1.29, 1.82) is 0 Å². The molecule has 80 valence electrons. The molecule has 2 atom stereocenters. The van der Waals surface area contributed by atoms with Gasteiger partial charge in [0.15, 0.2) is 0 Å². The van der Waals surface area contributed by atoms with Crippen LogP contribution in [0.15, 0.2) is 0 Å². The number of carbonyl (C=O) groups excluding carboxylic acids is 2. The predicted molar refractivity (Wildman–Crippen MR) is 49.5 cm³/mol. The monoisotopic (exact) mass is 222 g/mol. The standard InChI is InChI=1S/C8H12ClFN2O2/c1-11-7(13)5-2-3-12(4-5)8(14)6(9)10/h5-6H,2-4H2,1H3,(H,11,13).